The summed E-state index contributed by atoms with van der Waals surface area (Å²) < 4.78 is 5.21. The highest BCUT2D eigenvalue weighted by molar-refractivity contribution is 7.10. The van der Waals surface area contributed by atoms with E-state index in [9.17, 15) is 9.59 Å². The maximum absolute atomic E-state index is 12.4. The molecule has 6 heteroatoms. The molecule has 0 radical (unpaired) electrons. The molecule has 1 N–H and O–H groups in total. The average Bonchev–Trinajstić information content (AvgIpc) is 3.25. The van der Waals surface area contributed by atoms with Crippen molar-refractivity contribution < 1.29 is 14.3 Å². The predicted octanol–water partition coefficient (Wildman–Crippen LogP) is 3.88. The van der Waals surface area contributed by atoms with Crippen LogP contribution in [-0.2, 0) is 9.53 Å². The number of hydrogen-bond acceptors (Lipinski definition) is 5. The average molecular weight is 394 g/mol. The van der Waals surface area contributed by atoms with Crippen LogP contribution < -0.4 is 10.2 Å². The van der Waals surface area contributed by atoms with Gasteiger partial charge < -0.3 is 15.0 Å². The van der Waals surface area contributed by atoms with Crippen LogP contribution in [0, 0.1) is 0 Å². The fourth-order valence-corrected chi connectivity index (χ4v) is 3.55. The van der Waals surface area contributed by atoms with Crippen LogP contribution in [0.2, 0.25) is 0 Å². The van der Waals surface area contributed by atoms with Crippen molar-refractivity contribution in [3.63, 3.8) is 0 Å². The zero-order valence-electron chi connectivity index (χ0n) is 15.8. The van der Waals surface area contributed by atoms with Crippen LogP contribution >= 0.6 is 11.3 Å². The standard InChI is InChI=1S/C22H22N2O3S/c1-24(2)18-11-6-10-17(14-18)22(26)27-15-20(25)23-21(19-12-7-13-28-19)16-8-4-3-5-9-16/h3-14,21H,15H2,1-2H3,(H,23,25)/t21-/m0/s1. The molecule has 1 aromatic heterocycles. The monoisotopic (exact) mass is 394 g/mol. The summed E-state index contributed by atoms with van der Waals surface area (Å²) in [5.74, 6) is -0.870. The molecular formula is C22H22N2O3S. The van der Waals surface area contributed by atoms with E-state index >= 15 is 0 Å². The Morgan fingerprint density at radius 3 is 2.50 bits per heavy atom. The first-order valence-electron chi connectivity index (χ1n) is 8.87. The molecule has 1 amide bonds. The molecule has 0 fully saturated rings. The number of esters is 1. The van der Waals surface area contributed by atoms with Crippen molar-refractivity contribution in [1.82, 2.24) is 5.32 Å². The highest BCUT2D eigenvalue weighted by Gasteiger charge is 2.19. The van der Waals surface area contributed by atoms with Crippen LogP contribution in [0.15, 0.2) is 72.1 Å². The molecule has 1 atom stereocenters. The summed E-state index contributed by atoms with van der Waals surface area (Å²) in [6, 6.07) is 20.5. The fourth-order valence-electron chi connectivity index (χ4n) is 2.75. The van der Waals surface area contributed by atoms with Gasteiger partial charge >= 0.3 is 5.97 Å². The Labute approximate surface area is 168 Å². The molecule has 3 rings (SSSR count). The third-order valence-electron chi connectivity index (χ3n) is 4.20. The first-order valence-corrected chi connectivity index (χ1v) is 9.75. The fraction of sp³-hybridized carbons (Fsp3) is 0.182. The molecule has 0 saturated carbocycles. The van der Waals surface area contributed by atoms with E-state index in [0.717, 1.165) is 16.1 Å². The summed E-state index contributed by atoms with van der Waals surface area (Å²) in [5, 5.41) is 4.93. The van der Waals surface area contributed by atoms with E-state index in [1.165, 1.54) is 0 Å². The number of amides is 1. The van der Waals surface area contributed by atoms with Gasteiger partial charge in [0.2, 0.25) is 0 Å². The Morgan fingerprint density at radius 1 is 1.04 bits per heavy atom. The summed E-state index contributed by atoms with van der Waals surface area (Å²) in [5.41, 5.74) is 2.28. The van der Waals surface area contributed by atoms with Gasteiger partial charge in [0.25, 0.3) is 5.91 Å². The van der Waals surface area contributed by atoms with Gasteiger partial charge in [-0.15, -0.1) is 11.3 Å². The Hall–Kier alpha value is -3.12. The first kappa shape index (κ1) is 19.6. The lowest BCUT2D eigenvalue weighted by Gasteiger charge is -2.18. The van der Waals surface area contributed by atoms with E-state index < -0.39 is 5.97 Å². The smallest absolute Gasteiger partial charge is 0.338 e. The number of benzene rings is 2. The van der Waals surface area contributed by atoms with Crippen molar-refractivity contribution in [2.45, 2.75) is 6.04 Å². The minimum atomic E-state index is -0.522. The number of ether oxygens (including phenoxy) is 1. The molecule has 0 spiro atoms. The number of rotatable bonds is 7. The van der Waals surface area contributed by atoms with Crippen molar-refractivity contribution in [3.8, 4) is 0 Å². The van der Waals surface area contributed by atoms with E-state index in [4.69, 9.17) is 4.74 Å². The molecule has 0 aliphatic rings. The van der Waals surface area contributed by atoms with Gasteiger partial charge in [-0.3, -0.25) is 4.79 Å². The molecular weight excluding hydrogens is 372 g/mol. The van der Waals surface area contributed by atoms with Crippen molar-refractivity contribution in [1.29, 1.82) is 0 Å². The van der Waals surface area contributed by atoms with Crippen molar-refractivity contribution in [3.05, 3.63) is 88.1 Å². The Kier molecular flexibility index (Phi) is 6.45. The summed E-state index contributed by atoms with van der Waals surface area (Å²) in [7, 11) is 3.79. The minimum absolute atomic E-state index is 0.274. The summed E-state index contributed by atoms with van der Waals surface area (Å²) >= 11 is 1.57. The molecule has 0 unspecified atom stereocenters. The van der Waals surface area contributed by atoms with Gasteiger partial charge in [-0.2, -0.15) is 0 Å². The largest absolute Gasteiger partial charge is 0.452 e. The maximum atomic E-state index is 12.4. The second-order valence-electron chi connectivity index (χ2n) is 6.45. The van der Waals surface area contributed by atoms with E-state index in [0.29, 0.717) is 5.56 Å². The van der Waals surface area contributed by atoms with Crippen LogP contribution in [-0.4, -0.2) is 32.6 Å². The quantitative estimate of drug-likeness (QED) is 0.618. The SMILES string of the molecule is CN(C)c1cccc(C(=O)OCC(=O)N[C@@H](c2ccccc2)c2cccs2)c1. The van der Waals surface area contributed by atoms with Gasteiger partial charge in [-0.25, -0.2) is 4.79 Å². The highest BCUT2D eigenvalue weighted by Crippen LogP contribution is 2.25. The zero-order chi connectivity index (χ0) is 19.9. The summed E-state index contributed by atoms with van der Waals surface area (Å²) in [4.78, 5) is 27.6. The lowest BCUT2D eigenvalue weighted by molar-refractivity contribution is -0.124. The van der Waals surface area contributed by atoms with Crippen LogP contribution in [0.3, 0.4) is 0 Å². The van der Waals surface area contributed by atoms with Crippen LogP contribution in [0.5, 0.6) is 0 Å². The molecule has 5 nitrogen and oxygen atoms in total. The van der Waals surface area contributed by atoms with Crippen LogP contribution in [0.4, 0.5) is 5.69 Å². The number of hydrogen-bond donors (Lipinski definition) is 1. The molecule has 144 valence electrons. The third kappa shape index (κ3) is 4.98. The van der Waals surface area contributed by atoms with Crippen molar-refractivity contribution in [2.24, 2.45) is 0 Å². The van der Waals surface area contributed by atoms with Crippen molar-refractivity contribution >= 4 is 28.9 Å². The highest BCUT2D eigenvalue weighted by atomic mass is 32.1. The number of carbonyl (C=O) groups excluding carboxylic acids is 2. The number of nitrogens with one attached hydrogen (secondary N) is 1. The van der Waals surface area contributed by atoms with Gasteiger partial charge in [-0.05, 0) is 35.2 Å². The van der Waals surface area contributed by atoms with Gasteiger partial charge in [0.1, 0.15) is 0 Å². The second kappa shape index (κ2) is 9.19. The number of carbonyl (C=O) groups is 2. The topological polar surface area (TPSA) is 58.6 Å². The number of anilines is 1. The van der Waals surface area contributed by atoms with Gasteiger partial charge in [0.05, 0.1) is 11.6 Å². The Balaban J connectivity index is 1.64. The summed E-state index contributed by atoms with van der Waals surface area (Å²) in [6.07, 6.45) is 0. The molecule has 28 heavy (non-hydrogen) atoms. The molecule has 0 bridgehead atoms. The second-order valence-corrected chi connectivity index (χ2v) is 7.43. The molecule has 0 saturated heterocycles. The molecule has 1 heterocycles. The van der Waals surface area contributed by atoms with Gasteiger partial charge in [-0.1, -0.05) is 42.5 Å². The normalized spacial score (nSPS) is 11.5. The van der Waals surface area contributed by atoms with Gasteiger partial charge in [0, 0.05) is 24.7 Å². The zero-order valence-corrected chi connectivity index (χ0v) is 16.6. The lowest BCUT2D eigenvalue weighted by atomic mass is 10.1. The van der Waals surface area contributed by atoms with Crippen LogP contribution in [0.25, 0.3) is 0 Å². The number of nitrogens with zero attached hydrogens (tertiary/aromatic N) is 1. The lowest BCUT2D eigenvalue weighted by Crippen LogP contribution is -2.32. The number of thiophene rings is 1. The summed E-state index contributed by atoms with van der Waals surface area (Å²) in [6.45, 7) is -0.334. The third-order valence-corrected chi connectivity index (χ3v) is 5.14. The predicted molar refractivity (Wildman–Crippen MR) is 112 cm³/mol. The Bertz CT molecular complexity index is 924. The maximum Gasteiger partial charge on any atom is 0.338 e. The Morgan fingerprint density at radius 2 is 1.82 bits per heavy atom. The van der Waals surface area contributed by atoms with E-state index in [1.54, 1.807) is 29.5 Å². The minimum Gasteiger partial charge on any atom is -0.452 e. The molecule has 3 aromatic rings. The van der Waals surface area contributed by atoms with E-state index in [1.807, 2.05) is 72.9 Å². The molecule has 2 aromatic carbocycles. The molecule has 0 aliphatic heterocycles. The van der Waals surface area contributed by atoms with Gasteiger partial charge in [0.15, 0.2) is 6.61 Å². The van der Waals surface area contributed by atoms with E-state index in [-0.39, 0.29) is 18.6 Å². The van der Waals surface area contributed by atoms with Crippen molar-refractivity contribution in [2.75, 3.05) is 25.6 Å². The molecule has 0 aliphatic carbocycles. The van der Waals surface area contributed by atoms with Crippen LogP contribution in [0.1, 0.15) is 26.8 Å². The first-order chi connectivity index (χ1) is 13.5. The van der Waals surface area contributed by atoms with E-state index in [2.05, 4.69) is 5.32 Å².